The summed E-state index contributed by atoms with van der Waals surface area (Å²) in [6.07, 6.45) is 1.81. The van der Waals surface area contributed by atoms with Crippen LogP contribution >= 0.6 is 11.3 Å². The summed E-state index contributed by atoms with van der Waals surface area (Å²) in [5, 5.41) is 6.94. The van der Waals surface area contributed by atoms with Gasteiger partial charge in [0.2, 0.25) is 0 Å². The predicted octanol–water partition coefficient (Wildman–Crippen LogP) is 2.90. The van der Waals surface area contributed by atoms with E-state index in [2.05, 4.69) is 10.1 Å². The van der Waals surface area contributed by atoms with Crippen molar-refractivity contribution >= 4 is 16.5 Å². The molecule has 0 saturated heterocycles. The number of aromatic nitrogens is 3. The van der Waals surface area contributed by atoms with Crippen molar-refractivity contribution in [2.24, 2.45) is 0 Å². The number of nitrogen functional groups attached to an aromatic ring is 1. The highest BCUT2D eigenvalue weighted by Crippen LogP contribution is 2.27. The molecule has 0 atom stereocenters. The number of methoxy groups -OCH3 is 1. The fourth-order valence-electron chi connectivity index (χ4n) is 2.07. The molecule has 2 heterocycles. The maximum Gasteiger partial charge on any atom is 0.180 e. The Hall–Kier alpha value is -2.34. The molecule has 20 heavy (non-hydrogen) atoms. The number of thiazole rings is 1. The van der Waals surface area contributed by atoms with Crippen LogP contribution in [0.3, 0.4) is 0 Å². The Morgan fingerprint density at radius 2 is 2.20 bits per heavy atom. The summed E-state index contributed by atoms with van der Waals surface area (Å²) in [5.74, 6) is 0.803. The van der Waals surface area contributed by atoms with Crippen molar-refractivity contribution < 1.29 is 4.74 Å². The molecule has 0 unspecified atom stereocenters. The van der Waals surface area contributed by atoms with Crippen molar-refractivity contribution in [3.05, 3.63) is 41.5 Å². The summed E-state index contributed by atoms with van der Waals surface area (Å²) < 4.78 is 7.11. The Morgan fingerprint density at radius 1 is 1.35 bits per heavy atom. The van der Waals surface area contributed by atoms with Crippen molar-refractivity contribution in [3.63, 3.8) is 0 Å². The highest BCUT2D eigenvalue weighted by atomic mass is 32.1. The molecular weight excluding hydrogens is 272 g/mol. The molecule has 102 valence electrons. The summed E-state index contributed by atoms with van der Waals surface area (Å²) in [6.45, 7) is 2.01. The molecule has 3 rings (SSSR count). The molecule has 6 heteroatoms. The number of rotatable bonds is 3. The van der Waals surface area contributed by atoms with Gasteiger partial charge in [-0.1, -0.05) is 6.07 Å². The molecule has 0 aliphatic carbocycles. The molecule has 0 aliphatic rings. The minimum atomic E-state index is 0.563. The number of ether oxygens (including phenoxy) is 1. The molecule has 0 amide bonds. The van der Waals surface area contributed by atoms with Crippen molar-refractivity contribution in [3.8, 4) is 22.7 Å². The number of hydrogen-bond acceptors (Lipinski definition) is 5. The lowest BCUT2D eigenvalue weighted by Gasteiger charge is -2.07. The van der Waals surface area contributed by atoms with Gasteiger partial charge in [0.25, 0.3) is 0 Å². The van der Waals surface area contributed by atoms with Crippen LogP contribution in [-0.2, 0) is 0 Å². The van der Waals surface area contributed by atoms with Crippen molar-refractivity contribution in [1.82, 2.24) is 14.8 Å². The zero-order chi connectivity index (χ0) is 14.1. The van der Waals surface area contributed by atoms with Gasteiger partial charge in [-0.15, -0.1) is 11.3 Å². The lowest BCUT2D eigenvalue weighted by molar-refractivity contribution is 0.414. The van der Waals surface area contributed by atoms with E-state index in [1.54, 1.807) is 7.11 Å². The van der Waals surface area contributed by atoms with Gasteiger partial charge in [0.1, 0.15) is 5.75 Å². The third-order valence-corrected chi connectivity index (χ3v) is 3.78. The van der Waals surface area contributed by atoms with Crippen LogP contribution in [0.4, 0.5) is 5.13 Å². The Morgan fingerprint density at radius 3 is 2.90 bits per heavy atom. The van der Waals surface area contributed by atoms with E-state index in [1.165, 1.54) is 11.3 Å². The zero-order valence-corrected chi connectivity index (χ0v) is 12.0. The van der Waals surface area contributed by atoms with Gasteiger partial charge in [-0.05, 0) is 19.1 Å². The lowest BCUT2D eigenvalue weighted by atomic mass is 10.2. The molecule has 0 spiro atoms. The van der Waals surface area contributed by atoms with Crippen molar-refractivity contribution in [2.75, 3.05) is 12.8 Å². The van der Waals surface area contributed by atoms with Gasteiger partial charge in [-0.2, -0.15) is 5.10 Å². The number of hydrogen-bond donors (Lipinski definition) is 1. The zero-order valence-electron chi connectivity index (χ0n) is 11.2. The quantitative estimate of drug-likeness (QED) is 0.804. The second-order valence-corrected chi connectivity index (χ2v) is 5.22. The number of nitrogens with two attached hydrogens (primary N) is 1. The standard InChI is InChI=1S/C14H14N4OS/c1-9-12(13-8-20-14(15)17-13)7-16-18(9)10-4-3-5-11(6-10)19-2/h3-8H,1-2H3,(H2,15,17). The predicted molar refractivity (Wildman–Crippen MR) is 80.4 cm³/mol. The minimum Gasteiger partial charge on any atom is -0.497 e. The third-order valence-electron chi connectivity index (χ3n) is 3.11. The monoisotopic (exact) mass is 286 g/mol. The van der Waals surface area contributed by atoms with Gasteiger partial charge in [0.15, 0.2) is 5.13 Å². The van der Waals surface area contributed by atoms with E-state index in [0.717, 1.165) is 28.4 Å². The first-order chi connectivity index (χ1) is 9.69. The van der Waals surface area contributed by atoms with Crippen LogP contribution in [0.25, 0.3) is 16.9 Å². The SMILES string of the molecule is COc1cccc(-n2ncc(-c3csc(N)n3)c2C)c1. The van der Waals surface area contributed by atoms with Crippen LogP contribution in [-0.4, -0.2) is 21.9 Å². The van der Waals surface area contributed by atoms with E-state index in [-0.39, 0.29) is 0 Å². The van der Waals surface area contributed by atoms with E-state index < -0.39 is 0 Å². The summed E-state index contributed by atoms with van der Waals surface area (Å²) >= 11 is 1.43. The largest absolute Gasteiger partial charge is 0.497 e. The molecule has 0 bridgehead atoms. The summed E-state index contributed by atoms with van der Waals surface area (Å²) in [5.41, 5.74) is 9.50. The maximum absolute atomic E-state index is 5.69. The Labute approximate surface area is 120 Å². The molecule has 0 radical (unpaired) electrons. The normalized spacial score (nSPS) is 10.7. The van der Waals surface area contributed by atoms with E-state index in [1.807, 2.05) is 47.4 Å². The molecule has 5 nitrogen and oxygen atoms in total. The van der Waals surface area contributed by atoms with Gasteiger partial charge in [-0.25, -0.2) is 9.67 Å². The summed E-state index contributed by atoms with van der Waals surface area (Å²) in [6, 6.07) is 7.78. The third kappa shape index (κ3) is 2.14. The highest BCUT2D eigenvalue weighted by molar-refractivity contribution is 7.13. The van der Waals surface area contributed by atoms with Crippen LogP contribution in [0.2, 0.25) is 0 Å². The number of nitrogens with zero attached hydrogens (tertiary/aromatic N) is 3. The smallest absolute Gasteiger partial charge is 0.180 e. The first kappa shape index (κ1) is 12.7. The van der Waals surface area contributed by atoms with Crippen LogP contribution < -0.4 is 10.5 Å². The summed E-state index contributed by atoms with van der Waals surface area (Å²) in [4.78, 5) is 4.30. The fourth-order valence-corrected chi connectivity index (χ4v) is 2.64. The maximum atomic E-state index is 5.69. The van der Waals surface area contributed by atoms with Gasteiger partial charge in [0.05, 0.1) is 30.4 Å². The average molecular weight is 286 g/mol. The molecule has 2 aromatic heterocycles. The topological polar surface area (TPSA) is 66.0 Å². The molecular formula is C14H14N4OS. The fraction of sp³-hybridized carbons (Fsp3) is 0.143. The summed E-state index contributed by atoms with van der Waals surface area (Å²) in [7, 11) is 1.65. The molecule has 0 saturated carbocycles. The van der Waals surface area contributed by atoms with E-state index >= 15 is 0 Å². The molecule has 0 aliphatic heterocycles. The van der Waals surface area contributed by atoms with E-state index in [9.17, 15) is 0 Å². The van der Waals surface area contributed by atoms with Crippen LogP contribution in [0.1, 0.15) is 5.69 Å². The molecule has 3 aromatic rings. The Kier molecular flexibility index (Phi) is 3.15. The van der Waals surface area contributed by atoms with Gasteiger partial charge in [-0.3, -0.25) is 0 Å². The van der Waals surface area contributed by atoms with Gasteiger partial charge >= 0.3 is 0 Å². The Bertz CT molecular complexity index is 747. The first-order valence-electron chi connectivity index (χ1n) is 6.09. The van der Waals surface area contributed by atoms with Crippen LogP contribution in [0.15, 0.2) is 35.8 Å². The second-order valence-electron chi connectivity index (χ2n) is 4.33. The van der Waals surface area contributed by atoms with Crippen molar-refractivity contribution in [2.45, 2.75) is 6.92 Å². The Balaban J connectivity index is 2.05. The van der Waals surface area contributed by atoms with E-state index in [0.29, 0.717) is 5.13 Å². The highest BCUT2D eigenvalue weighted by Gasteiger charge is 2.12. The second kappa shape index (κ2) is 4.97. The van der Waals surface area contributed by atoms with Gasteiger partial charge in [0, 0.05) is 17.0 Å². The number of anilines is 1. The van der Waals surface area contributed by atoms with Crippen LogP contribution in [0.5, 0.6) is 5.75 Å². The molecule has 1 aromatic carbocycles. The first-order valence-corrected chi connectivity index (χ1v) is 6.97. The molecule has 0 fully saturated rings. The lowest BCUT2D eigenvalue weighted by Crippen LogP contribution is -1.99. The van der Waals surface area contributed by atoms with E-state index in [4.69, 9.17) is 10.5 Å². The van der Waals surface area contributed by atoms with Crippen molar-refractivity contribution in [1.29, 1.82) is 0 Å². The number of benzene rings is 1. The van der Waals surface area contributed by atoms with Gasteiger partial charge < -0.3 is 10.5 Å². The average Bonchev–Trinajstić information content (AvgIpc) is 3.05. The molecule has 2 N–H and O–H groups in total. The minimum absolute atomic E-state index is 0.563. The van der Waals surface area contributed by atoms with Crippen LogP contribution in [0, 0.1) is 6.92 Å².